The lowest BCUT2D eigenvalue weighted by atomic mass is 9.81. The van der Waals surface area contributed by atoms with Gasteiger partial charge in [0.15, 0.2) is 11.5 Å². The number of rotatable bonds is 4. The van der Waals surface area contributed by atoms with Gasteiger partial charge in [0, 0.05) is 24.8 Å². The maximum atomic E-state index is 14.4. The number of guanidine groups is 1. The molecule has 0 spiro atoms. The monoisotopic (exact) mass is 469 g/mol. The number of amidine groups is 1. The molecular formula is C24H19F4N5O. The van der Waals surface area contributed by atoms with E-state index in [1.165, 1.54) is 30.5 Å². The Hall–Kier alpha value is -3.95. The van der Waals surface area contributed by atoms with Crippen molar-refractivity contribution in [3.8, 4) is 16.9 Å². The Morgan fingerprint density at radius 2 is 1.79 bits per heavy atom. The van der Waals surface area contributed by atoms with E-state index in [2.05, 4.69) is 9.72 Å². The first-order chi connectivity index (χ1) is 16.3. The van der Waals surface area contributed by atoms with Crippen LogP contribution in [-0.4, -0.2) is 41.1 Å². The highest BCUT2D eigenvalue weighted by Gasteiger charge is 2.49. The fourth-order valence-electron chi connectivity index (χ4n) is 4.38. The molecule has 2 aromatic carbocycles. The first-order valence-electron chi connectivity index (χ1n) is 10.5. The van der Waals surface area contributed by atoms with Crippen molar-refractivity contribution in [2.75, 3.05) is 13.1 Å². The molecule has 0 saturated carbocycles. The molecule has 1 atom stereocenters. The van der Waals surface area contributed by atoms with Crippen LogP contribution in [0.4, 0.5) is 17.6 Å². The number of hydrogen-bond acceptors (Lipinski definition) is 6. The predicted molar refractivity (Wildman–Crippen MR) is 119 cm³/mol. The Kier molecular flexibility index (Phi) is 5.22. The number of alkyl halides is 3. The van der Waals surface area contributed by atoms with Gasteiger partial charge in [0.05, 0.1) is 0 Å². The number of pyridine rings is 1. The lowest BCUT2D eigenvalue weighted by Gasteiger charge is -2.33. The fourth-order valence-corrected chi connectivity index (χ4v) is 4.38. The van der Waals surface area contributed by atoms with Crippen LogP contribution in [0.2, 0.25) is 0 Å². The zero-order chi connectivity index (χ0) is 23.9. The highest BCUT2D eigenvalue weighted by Crippen LogP contribution is 2.43. The van der Waals surface area contributed by atoms with E-state index in [9.17, 15) is 17.6 Å². The summed E-state index contributed by atoms with van der Waals surface area (Å²) in [5, 5.41) is 0. The van der Waals surface area contributed by atoms with Crippen molar-refractivity contribution in [3.63, 3.8) is 0 Å². The number of benzene rings is 2. The Balaban J connectivity index is 1.68. The molecular weight excluding hydrogens is 450 g/mol. The highest BCUT2D eigenvalue weighted by molar-refractivity contribution is 6.12. The first-order valence-corrected chi connectivity index (χ1v) is 10.5. The average molecular weight is 469 g/mol. The third kappa shape index (κ3) is 3.74. The van der Waals surface area contributed by atoms with Gasteiger partial charge in [-0.1, -0.05) is 30.3 Å². The van der Waals surface area contributed by atoms with Gasteiger partial charge in [-0.05, 0) is 53.4 Å². The van der Waals surface area contributed by atoms with Crippen molar-refractivity contribution in [3.05, 3.63) is 83.9 Å². The van der Waals surface area contributed by atoms with Gasteiger partial charge >= 0.3 is 6.36 Å². The van der Waals surface area contributed by atoms with Gasteiger partial charge in [0.1, 0.15) is 11.6 Å². The molecule has 3 aromatic rings. The van der Waals surface area contributed by atoms with Crippen LogP contribution in [0.5, 0.6) is 5.75 Å². The van der Waals surface area contributed by atoms with Crippen LogP contribution >= 0.6 is 0 Å². The van der Waals surface area contributed by atoms with Crippen LogP contribution in [-0.2, 0) is 5.54 Å². The van der Waals surface area contributed by atoms with Gasteiger partial charge in [0.25, 0.3) is 0 Å². The second-order valence-electron chi connectivity index (χ2n) is 7.89. The molecule has 10 heteroatoms. The van der Waals surface area contributed by atoms with Gasteiger partial charge in [-0.3, -0.25) is 9.89 Å². The van der Waals surface area contributed by atoms with Crippen LogP contribution < -0.4 is 10.5 Å². The second kappa shape index (κ2) is 8.12. The molecule has 2 aliphatic heterocycles. The second-order valence-corrected chi connectivity index (χ2v) is 7.89. The van der Waals surface area contributed by atoms with Gasteiger partial charge in [-0.15, -0.1) is 13.2 Å². The molecule has 0 aliphatic carbocycles. The Bertz CT molecular complexity index is 1290. The summed E-state index contributed by atoms with van der Waals surface area (Å²) >= 11 is 0. The van der Waals surface area contributed by atoms with E-state index in [-0.39, 0.29) is 11.7 Å². The molecule has 6 nitrogen and oxygen atoms in total. The van der Waals surface area contributed by atoms with Crippen LogP contribution in [0.1, 0.15) is 17.5 Å². The third-order valence-corrected chi connectivity index (χ3v) is 5.80. The van der Waals surface area contributed by atoms with Gasteiger partial charge in [-0.2, -0.15) is 4.39 Å². The van der Waals surface area contributed by atoms with E-state index in [0.29, 0.717) is 41.2 Å². The van der Waals surface area contributed by atoms with Gasteiger partial charge in [-0.25, -0.2) is 9.98 Å². The van der Waals surface area contributed by atoms with E-state index in [1.807, 2.05) is 6.07 Å². The Morgan fingerprint density at radius 3 is 2.53 bits per heavy atom. The first kappa shape index (κ1) is 21.9. The van der Waals surface area contributed by atoms with Crippen LogP contribution in [0, 0.1) is 5.95 Å². The van der Waals surface area contributed by atoms with Crippen molar-refractivity contribution in [2.45, 2.75) is 18.3 Å². The average Bonchev–Trinajstić information content (AvgIpc) is 3.13. The summed E-state index contributed by atoms with van der Waals surface area (Å²) in [6, 6.07) is 15.8. The van der Waals surface area contributed by atoms with Crippen molar-refractivity contribution < 1.29 is 22.3 Å². The highest BCUT2D eigenvalue weighted by atomic mass is 19.4. The molecule has 0 bridgehead atoms. The summed E-state index contributed by atoms with van der Waals surface area (Å²) in [7, 11) is 0. The molecule has 0 radical (unpaired) electrons. The fraction of sp³-hybridized carbons (Fsp3) is 0.208. The van der Waals surface area contributed by atoms with E-state index >= 15 is 0 Å². The number of nitrogens with zero attached hydrogens (tertiary/aromatic N) is 4. The van der Waals surface area contributed by atoms with Gasteiger partial charge < -0.3 is 10.5 Å². The number of aliphatic imine (C=N–C) groups is 2. The van der Waals surface area contributed by atoms with Crippen molar-refractivity contribution in [2.24, 2.45) is 15.7 Å². The quantitative estimate of drug-likeness (QED) is 0.452. The molecule has 1 aromatic heterocycles. The number of halogens is 4. The lowest BCUT2D eigenvalue weighted by molar-refractivity contribution is -0.274. The summed E-state index contributed by atoms with van der Waals surface area (Å²) < 4.78 is 56.5. The van der Waals surface area contributed by atoms with Gasteiger partial charge in [0.2, 0.25) is 5.95 Å². The largest absolute Gasteiger partial charge is 0.573 e. The predicted octanol–water partition coefficient (Wildman–Crippen LogP) is 4.46. The number of fused-ring (bicyclic) bond motifs is 1. The SMILES string of the molecule is NC1=NC(c2ccc(OC(F)(F)F)cc2)(c2cccc(-c3cccnc3F)c2)C2=NCCCN12. The molecule has 2 aliphatic rings. The van der Waals surface area contributed by atoms with E-state index < -0.39 is 17.8 Å². The van der Waals surface area contributed by atoms with E-state index in [0.717, 1.165) is 6.42 Å². The van der Waals surface area contributed by atoms with Crippen LogP contribution in [0.15, 0.2) is 76.8 Å². The van der Waals surface area contributed by atoms with Crippen LogP contribution in [0.25, 0.3) is 11.1 Å². The number of hydrogen-bond donors (Lipinski definition) is 1. The number of aromatic nitrogens is 1. The molecule has 34 heavy (non-hydrogen) atoms. The maximum Gasteiger partial charge on any atom is 0.573 e. The molecule has 174 valence electrons. The zero-order valence-corrected chi connectivity index (χ0v) is 17.8. The summed E-state index contributed by atoms with van der Waals surface area (Å²) in [5.74, 6) is -0.139. The molecule has 1 unspecified atom stereocenters. The third-order valence-electron chi connectivity index (χ3n) is 5.80. The van der Waals surface area contributed by atoms with E-state index in [4.69, 9.17) is 15.7 Å². The summed E-state index contributed by atoms with van der Waals surface area (Å²) in [6.45, 7) is 1.17. The minimum absolute atomic E-state index is 0.257. The molecule has 0 fully saturated rings. The van der Waals surface area contributed by atoms with Crippen LogP contribution in [0.3, 0.4) is 0 Å². The Morgan fingerprint density at radius 1 is 1.00 bits per heavy atom. The maximum absolute atomic E-state index is 14.4. The number of ether oxygens (including phenoxy) is 1. The molecule has 3 heterocycles. The molecule has 0 amide bonds. The normalized spacial score (nSPS) is 19.9. The van der Waals surface area contributed by atoms with Crippen molar-refractivity contribution >= 4 is 11.8 Å². The zero-order valence-electron chi connectivity index (χ0n) is 17.8. The van der Waals surface area contributed by atoms with E-state index in [1.54, 1.807) is 35.2 Å². The standard InChI is InChI=1S/C24H19F4N5O/c25-20-19(6-2-11-30-20)15-4-1-5-17(14-15)23(21-31-12-3-13-33(21)22(29)32-23)16-7-9-18(10-8-16)34-24(26,27)28/h1-2,4-11,14H,3,12-13H2,(H2,29,32). The topological polar surface area (TPSA) is 76.1 Å². The summed E-state index contributed by atoms with van der Waals surface area (Å²) in [4.78, 5) is 15.0. The van der Waals surface area contributed by atoms with Crippen molar-refractivity contribution in [1.29, 1.82) is 0 Å². The number of nitrogens with two attached hydrogens (primary N) is 1. The molecule has 5 rings (SSSR count). The smallest absolute Gasteiger partial charge is 0.406 e. The molecule has 2 N–H and O–H groups in total. The molecule has 0 saturated heterocycles. The summed E-state index contributed by atoms with van der Waals surface area (Å²) in [6.07, 6.45) is -2.65. The Labute approximate surface area is 192 Å². The minimum Gasteiger partial charge on any atom is -0.406 e. The lowest BCUT2D eigenvalue weighted by Crippen LogP contribution is -2.46. The minimum atomic E-state index is -4.80. The van der Waals surface area contributed by atoms with Crippen molar-refractivity contribution in [1.82, 2.24) is 9.88 Å². The summed E-state index contributed by atoms with van der Waals surface area (Å²) in [5.41, 5.74) is 7.14.